The number of alkyl halides is 1. The van der Waals surface area contributed by atoms with Crippen molar-refractivity contribution < 1.29 is 4.79 Å². The number of hydrogen-bond acceptors (Lipinski definition) is 1. The average molecular weight is 262 g/mol. The standard InChI is InChI=1S/C10H10BrClO/c1-2-9(11)10(13)7-3-5-8(12)6-4-7/h3-6,9H,2H2,1H3/t9-/m1/s1. The van der Waals surface area contributed by atoms with E-state index in [-0.39, 0.29) is 10.6 Å². The predicted octanol–water partition coefficient (Wildman–Crippen LogP) is 3.70. The molecule has 0 saturated carbocycles. The molecular weight excluding hydrogens is 251 g/mol. The van der Waals surface area contributed by atoms with Gasteiger partial charge in [-0.3, -0.25) is 4.79 Å². The van der Waals surface area contributed by atoms with E-state index in [2.05, 4.69) is 15.9 Å². The Morgan fingerprint density at radius 3 is 2.46 bits per heavy atom. The van der Waals surface area contributed by atoms with Crippen molar-refractivity contribution in [2.45, 2.75) is 18.2 Å². The first-order valence-corrected chi connectivity index (χ1v) is 5.38. The number of carbonyl (C=O) groups is 1. The molecule has 70 valence electrons. The van der Waals surface area contributed by atoms with Crippen LogP contribution in [-0.2, 0) is 0 Å². The summed E-state index contributed by atoms with van der Waals surface area (Å²) >= 11 is 9.02. The maximum absolute atomic E-state index is 11.6. The number of hydrogen-bond donors (Lipinski definition) is 0. The van der Waals surface area contributed by atoms with Crippen LogP contribution in [0.1, 0.15) is 23.7 Å². The Hall–Kier alpha value is -0.340. The molecule has 0 N–H and O–H groups in total. The molecule has 0 aliphatic carbocycles. The van der Waals surface area contributed by atoms with Gasteiger partial charge < -0.3 is 0 Å². The second-order valence-electron chi connectivity index (χ2n) is 2.75. The zero-order chi connectivity index (χ0) is 9.84. The van der Waals surface area contributed by atoms with Crippen molar-refractivity contribution in [3.8, 4) is 0 Å². The zero-order valence-electron chi connectivity index (χ0n) is 7.26. The number of ketones is 1. The van der Waals surface area contributed by atoms with E-state index < -0.39 is 0 Å². The second-order valence-corrected chi connectivity index (χ2v) is 4.29. The van der Waals surface area contributed by atoms with Crippen LogP contribution in [0.2, 0.25) is 5.02 Å². The maximum Gasteiger partial charge on any atom is 0.176 e. The Bertz CT molecular complexity index is 294. The molecule has 1 aromatic rings. The van der Waals surface area contributed by atoms with Gasteiger partial charge >= 0.3 is 0 Å². The molecule has 0 bridgehead atoms. The molecule has 1 rings (SSSR count). The summed E-state index contributed by atoms with van der Waals surface area (Å²) in [6, 6.07) is 6.94. The van der Waals surface area contributed by atoms with E-state index in [4.69, 9.17) is 11.6 Å². The fourth-order valence-electron chi connectivity index (χ4n) is 0.980. The van der Waals surface area contributed by atoms with E-state index in [0.717, 1.165) is 6.42 Å². The van der Waals surface area contributed by atoms with Crippen LogP contribution in [0.5, 0.6) is 0 Å². The first kappa shape index (κ1) is 10.7. The van der Waals surface area contributed by atoms with Crippen molar-refractivity contribution >= 4 is 33.3 Å². The highest BCUT2D eigenvalue weighted by Crippen LogP contribution is 2.15. The first-order chi connectivity index (χ1) is 6.15. The number of carbonyl (C=O) groups excluding carboxylic acids is 1. The molecule has 0 aliphatic heterocycles. The lowest BCUT2D eigenvalue weighted by atomic mass is 10.1. The van der Waals surface area contributed by atoms with Crippen LogP contribution in [0.15, 0.2) is 24.3 Å². The maximum atomic E-state index is 11.6. The topological polar surface area (TPSA) is 17.1 Å². The van der Waals surface area contributed by atoms with Crippen molar-refractivity contribution in [2.75, 3.05) is 0 Å². The summed E-state index contributed by atoms with van der Waals surface area (Å²) in [4.78, 5) is 11.5. The molecule has 0 amide bonds. The lowest BCUT2D eigenvalue weighted by Crippen LogP contribution is -2.12. The number of benzene rings is 1. The van der Waals surface area contributed by atoms with Gasteiger partial charge in [0.1, 0.15) is 0 Å². The summed E-state index contributed by atoms with van der Waals surface area (Å²) in [6.07, 6.45) is 0.793. The van der Waals surface area contributed by atoms with Crippen LogP contribution in [-0.4, -0.2) is 10.6 Å². The summed E-state index contributed by atoms with van der Waals surface area (Å²) in [6.45, 7) is 1.97. The average Bonchev–Trinajstić information content (AvgIpc) is 2.17. The van der Waals surface area contributed by atoms with Gasteiger partial charge in [-0.15, -0.1) is 0 Å². The van der Waals surface area contributed by atoms with Crippen molar-refractivity contribution in [1.29, 1.82) is 0 Å². The molecule has 1 nitrogen and oxygen atoms in total. The molecule has 0 fully saturated rings. The van der Waals surface area contributed by atoms with Crippen LogP contribution in [0.4, 0.5) is 0 Å². The van der Waals surface area contributed by atoms with E-state index in [0.29, 0.717) is 10.6 Å². The summed E-state index contributed by atoms with van der Waals surface area (Å²) in [5, 5.41) is 0.652. The van der Waals surface area contributed by atoms with Gasteiger partial charge in [0.05, 0.1) is 4.83 Å². The van der Waals surface area contributed by atoms with Crippen LogP contribution < -0.4 is 0 Å². The van der Waals surface area contributed by atoms with E-state index in [1.54, 1.807) is 24.3 Å². The summed E-state index contributed by atoms with van der Waals surface area (Å²) in [5.41, 5.74) is 0.702. The van der Waals surface area contributed by atoms with Crippen LogP contribution in [0.3, 0.4) is 0 Å². The number of rotatable bonds is 3. The number of Topliss-reactive ketones (excluding diaryl/α,β-unsaturated/α-hetero) is 1. The molecule has 1 atom stereocenters. The van der Waals surface area contributed by atoms with E-state index in [1.807, 2.05) is 6.92 Å². The van der Waals surface area contributed by atoms with Gasteiger partial charge in [0.25, 0.3) is 0 Å². The SMILES string of the molecule is CC[C@@H](Br)C(=O)c1ccc(Cl)cc1. The normalized spacial score (nSPS) is 12.5. The highest BCUT2D eigenvalue weighted by molar-refractivity contribution is 9.10. The third-order valence-electron chi connectivity index (χ3n) is 1.77. The lowest BCUT2D eigenvalue weighted by molar-refractivity contribution is 0.0990. The van der Waals surface area contributed by atoms with Crippen molar-refractivity contribution in [3.05, 3.63) is 34.9 Å². The molecule has 3 heteroatoms. The van der Waals surface area contributed by atoms with E-state index in [9.17, 15) is 4.79 Å². The van der Waals surface area contributed by atoms with Crippen molar-refractivity contribution in [3.63, 3.8) is 0 Å². The Morgan fingerprint density at radius 1 is 1.46 bits per heavy atom. The zero-order valence-corrected chi connectivity index (χ0v) is 9.60. The van der Waals surface area contributed by atoms with Crippen LogP contribution in [0, 0.1) is 0 Å². The third-order valence-corrected chi connectivity index (χ3v) is 3.09. The molecule has 0 unspecified atom stereocenters. The fourth-order valence-corrected chi connectivity index (χ4v) is 1.37. The minimum atomic E-state index is -0.0892. The first-order valence-electron chi connectivity index (χ1n) is 4.09. The molecular formula is C10H10BrClO. The molecule has 0 aromatic heterocycles. The Kier molecular flexibility index (Phi) is 3.94. The van der Waals surface area contributed by atoms with Gasteiger partial charge in [-0.05, 0) is 30.7 Å². The van der Waals surface area contributed by atoms with Gasteiger partial charge in [-0.2, -0.15) is 0 Å². The van der Waals surface area contributed by atoms with E-state index in [1.165, 1.54) is 0 Å². The summed E-state index contributed by atoms with van der Waals surface area (Å²) in [5.74, 6) is 0.110. The van der Waals surface area contributed by atoms with Crippen molar-refractivity contribution in [2.24, 2.45) is 0 Å². The summed E-state index contributed by atoms with van der Waals surface area (Å²) < 4.78 is 0. The Balaban J connectivity index is 2.83. The van der Waals surface area contributed by atoms with Gasteiger partial charge in [-0.25, -0.2) is 0 Å². The second kappa shape index (κ2) is 4.77. The quantitative estimate of drug-likeness (QED) is 0.599. The molecule has 0 radical (unpaired) electrons. The number of halogens is 2. The third kappa shape index (κ3) is 2.82. The molecule has 0 saturated heterocycles. The minimum absolute atomic E-state index is 0.0892. The van der Waals surface area contributed by atoms with Crippen LogP contribution >= 0.6 is 27.5 Å². The lowest BCUT2D eigenvalue weighted by Gasteiger charge is -2.05. The minimum Gasteiger partial charge on any atom is -0.293 e. The van der Waals surface area contributed by atoms with Crippen LogP contribution in [0.25, 0.3) is 0 Å². The molecule has 0 spiro atoms. The van der Waals surface area contributed by atoms with Gasteiger partial charge in [-0.1, -0.05) is 34.5 Å². The van der Waals surface area contributed by atoms with Gasteiger partial charge in [0.15, 0.2) is 5.78 Å². The molecule has 13 heavy (non-hydrogen) atoms. The Labute approximate surface area is 91.2 Å². The molecule has 0 heterocycles. The monoisotopic (exact) mass is 260 g/mol. The van der Waals surface area contributed by atoms with Crippen molar-refractivity contribution in [1.82, 2.24) is 0 Å². The van der Waals surface area contributed by atoms with Gasteiger partial charge in [0, 0.05) is 10.6 Å². The highest BCUT2D eigenvalue weighted by atomic mass is 79.9. The highest BCUT2D eigenvalue weighted by Gasteiger charge is 2.13. The summed E-state index contributed by atoms with van der Waals surface area (Å²) in [7, 11) is 0. The van der Waals surface area contributed by atoms with E-state index >= 15 is 0 Å². The predicted molar refractivity (Wildman–Crippen MR) is 58.8 cm³/mol. The smallest absolute Gasteiger partial charge is 0.176 e. The van der Waals surface area contributed by atoms with Gasteiger partial charge in [0.2, 0.25) is 0 Å². The largest absolute Gasteiger partial charge is 0.293 e. The molecule has 0 aliphatic rings. The fraction of sp³-hybridized carbons (Fsp3) is 0.300. The Morgan fingerprint density at radius 2 is 2.00 bits per heavy atom. The molecule has 1 aromatic carbocycles.